The second kappa shape index (κ2) is 8.99. The molecule has 9 heteroatoms. The number of nitrogens with one attached hydrogen (secondary N) is 1. The first-order valence-electron chi connectivity index (χ1n) is 10.6. The van der Waals surface area contributed by atoms with Gasteiger partial charge in [0.2, 0.25) is 6.41 Å². The Hall–Kier alpha value is -4.79. The van der Waals surface area contributed by atoms with Gasteiger partial charge in [0.1, 0.15) is 17.0 Å². The van der Waals surface area contributed by atoms with Gasteiger partial charge in [-0.15, -0.1) is 0 Å². The first-order chi connectivity index (χ1) is 16.6. The van der Waals surface area contributed by atoms with Crippen LogP contribution < -0.4 is 15.8 Å². The van der Waals surface area contributed by atoms with Crippen LogP contribution in [-0.2, 0) is 17.9 Å². The quantitative estimate of drug-likeness (QED) is 0.382. The number of carbonyl (C=O) groups is 2. The van der Waals surface area contributed by atoms with E-state index >= 15 is 0 Å². The Bertz CT molecular complexity index is 1560. The molecule has 0 aliphatic rings. The van der Waals surface area contributed by atoms with Crippen molar-refractivity contribution < 1.29 is 9.59 Å². The number of benzene rings is 1. The van der Waals surface area contributed by atoms with Crippen LogP contribution in [0.2, 0.25) is 0 Å². The fourth-order valence-corrected chi connectivity index (χ4v) is 3.71. The second-order valence-corrected chi connectivity index (χ2v) is 7.70. The molecule has 0 aliphatic carbocycles. The number of hydrogen-bond acceptors (Lipinski definition) is 5. The molecule has 4 heterocycles. The third-order valence-electron chi connectivity index (χ3n) is 5.36. The number of carbonyl (C=O) groups excluding carboxylic acids is 2. The van der Waals surface area contributed by atoms with Crippen molar-refractivity contribution in [2.45, 2.75) is 13.1 Å². The van der Waals surface area contributed by atoms with E-state index < -0.39 is 5.91 Å². The van der Waals surface area contributed by atoms with Crippen molar-refractivity contribution in [1.29, 1.82) is 0 Å². The minimum atomic E-state index is -0.453. The average molecular weight is 452 g/mol. The number of aromatic nitrogens is 4. The molecule has 0 radical (unpaired) electrons. The van der Waals surface area contributed by atoms with Gasteiger partial charge in [-0.2, -0.15) is 0 Å². The van der Waals surface area contributed by atoms with Crippen LogP contribution in [0, 0.1) is 0 Å². The van der Waals surface area contributed by atoms with E-state index in [0.29, 0.717) is 23.5 Å². The van der Waals surface area contributed by atoms with E-state index in [4.69, 9.17) is 0 Å². The Balaban J connectivity index is 1.30. The number of para-hydroxylation sites is 1. The molecule has 5 aromatic rings. The van der Waals surface area contributed by atoms with Crippen LogP contribution in [0.5, 0.6) is 0 Å². The summed E-state index contributed by atoms with van der Waals surface area (Å²) in [6.45, 7) is 0.590. The molecule has 4 aromatic heterocycles. The van der Waals surface area contributed by atoms with Gasteiger partial charge >= 0.3 is 0 Å². The van der Waals surface area contributed by atoms with Crippen molar-refractivity contribution in [2.24, 2.45) is 0 Å². The maximum Gasteiger partial charge on any atom is 0.270 e. The number of amides is 2. The highest BCUT2D eigenvalue weighted by molar-refractivity contribution is 5.92. The number of nitrogens with zero attached hydrogens (tertiary/aromatic N) is 5. The van der Waals surface area contributed by atoms with Crippen molar-refractivity contribution in [3.8, 4) is 0 Å². The highest BCUT2D eigenvalue weighted by Gasteiger charge is 2.12. The molecule has 1 N–H and O–H groups in total. The summed E-state index contributed by atoms with van der Waals surface area (Å²) in [5.74, 6) is -0.453. The second-order valence-electron chi connectivity index (χ2n) is 7.70. The molecule has 34 heavy (non-hydrogen) atoms. The highest BCUT2D eigenvalue weighted by atomic mass is 16.2. The van der Waals surface area contributed by atoms with Crippen molar-refractivity contribution in [1.82, 2.24) is 24.1 Å². The van der Waals surface area contributed by atoms with Crippen LogP contribution in [0.3, 0.4) is 0 Å². The van der Waals surface area contributed by atoms with Crippen molar-refractivity contribution in [3.05, 3.63) is 113 Å². The molecular formula is C25H20N6O3. The van der Waals surface area contributed by atoms with Gasteiger partial charge in [-0.3, -0.25) is 18.8 Å². The lowest BCUT2D eigenvalue weighted by atomic mass is 10.2. The zero-order chi connectivity index (χ0) is 23.5. The molecule has 9 nitrogen and oxygen atoms in total. The van der Waals surface area contributed by atoms with E-state index in [1.807, 2.05) is 59.3 Å². The Labute approximate surface area is 193 Å². The number of imidazole rings is 1. The SMILES string of the molecule is O=CN(Cc1ccc2nc(CNC(=O)c3cc(=O)n4ccccc4n3)cn2c1)c1ccccc1. The summed E-state index contributed by atoms with van der Waals surface area (Å²) in [7, 11) is 0. The largest absolute Gasteiger partial charge is 0.345 e. The van der Waals surface area contributed by atoms with Crippen molar-refractivity contribution in [2.75, 3.05) is 4.90 Å². The number of pyridine rings is 2. The smallest absolute Gasteiger partial charge is 0.270 e. The van der Waals surface area contributed by atoms with Gasteiger partial charge in [0, 0.05) is 30.3 Å². The molecule has 0 saturated carbocycles. The van der Waals surface area contributed by atoms with E-state index in [1.54, 1.807) is 29.3 Å². The van der Waals surface area contributed by atoms with Crippen molar-refractivity contribution >= 4 is 29.3 Å². The van der Waals surface area contributed by atoms with Crippen molar-refractivity contribution in [3.63, 3.8) is 0 Å². The molecule has 0 atom stereocenters. The molecule has 168 valence electrons. The Morgan fingerprint density at radius 2 is 1.79 bits per heavy atom. The molecule has 0 saturated heterocycles. The number of fused-ring (bicyclic) bond motifs is 2. The molecule has 5 rings (SSSR count). The molecule has 0 aliphatic heterocycles. The Morgan fingerprint density at radius 1 is 0.971 bits per heavy atom. The van der Waals surface area contributed by atoms with Crippen LogP contribution in [0.4, 0.5) is 5.69 Å². The number of hydrogen-bond donors (Lipinski definition) is 1. The predicted octanol–water partition coefficient (Wildman–Crippen LogP) is 2.44. The Morgan fingerprint density at radius 3 is 2.62 bits per heavy atom. The highest BCUT2D eigenvalue weighted by Crippen LogP contribution is 2.16. The average Bonchev–Trinajstić information content (AvgIpc) is 3.28. The summed E-state index contributed by atoms with van der Waals surface area (Å²) in [4.78, 5) is 46.8. The van der Waals surface area contributed by atoms with Gasteiger partial charge in [0.15, 0.2) is 0 Å². The van der Waals surface area contributed by atoms with E-state index in [2.05, 4.69) is 15.3 Å². The molecule has 0 unspecified atom stereocenters. The maximum atomic E-state index is 12.6. The molecular weight excluding hydrogens is 432 g/mol. The van der Waals surface area contributed by atoms with Gasteiger partial charge in [0.05, 0.1) is 18.8 Å². The zero-order valence-corrected chi connectivity index (χ0v) is 18.0. The third kappa shape index (κ3) is 4.26. The lowest BCUT2D eigenvalue weighted by molar-refractivity contribution is -0.107. The summed E-state index contributed by atoms with van der Waals surface area (Å²) in [5, 5.41) is 2.77. The maximum absolute atomic E-state index is 12.6. The van der Waals surface area contributed by atoms with E-state index in [9.17, 15) is 14.4 Å². The van der Waals surface area contributed by atoms with Crippen LogP contribution in [0.25, 0.3) is 11.3 Å². The minimum absolute atomic E-state index is 0.0529. The van der Waals surface area contributed by atoms with Crippen LogP contribution in [-0.4, -0.2) is 31.1 Å². The summed E-state index contributed by atoms with van der Waals surface area (Å²) in [5.41, 5.74) is 3.24. The standard InChI is InChI=1S/C25H20N6O3/c32-17-30(20-6-2-1-3-7-20)15-18-9-10-22-27-19(16-29(22)14-18)13-26-25(34)21-12-24(33)31-11-5-4-8-23(31)28-21/h1-12,14,16-17H,13,15H2,(H,26,34). The molecule has 2 amide bonds. The lowest BCUT2D eigenvalue weighted by Crippen LogP contribution is -2.27. The predicted molar refractivity (Wildman–Crippen MR) is 127 cm³/mol. The molecule has 0 bridgehead atoms. The fourth-order valence-electron chi connectivity index (χ4n) is 3.71. The first kappa shape index (κ1) is 21.1. The summed E-state index contributed by atoms with van der Waals surface area (Å²) >= 11 is 0. The first-order valence-corrected chi connectivity index (χ1v) is 10.6. The Kier molecular flexibility index (Phi) is 5.57. The van der Waals surface area contributed by atoms with Gasteiger partial charge in [0.25, 0.3) is 11.5 Å². The monoisotopic (exact) mass is 452 g/mol. The van der Waals surface area contributed by atoms with E-state index in [1.165, 1.54) is 10.5 Å². The van der Waals surface area contributed by atoms with Crippen LogP contribution in [0.15, 0.2) is 90.1 Å². The number of anilines is 1. The van der Waals surface area contributed by atoms with Crippen LogP contribution in [0.1, 0.15) is 21.7 Å². The van der Waals surface area contributed by atoms with E-state index in [0.717, 1.165) is 17.7 Å². The van der Waals surface area contributed by atoms with Crippen LogP contribution >= 0.6 is 0 Å². The normalized spacial score (nSPS) is 10.9. The molecule has 1 aromatic carbocycles. The summed E-state index contributed by atoms with van der Waals surface area (Å²) in [6, 6.07) is 19.6. The minimum Gasteiger partial charge on any atom is -0.345 e. The van der Waals surface area contributed by atoms with E-state index in [-0.39, 0.29) is 17.8 Å². The fraction of sp³-hybridized carbons (Fsp3) is 0.0800. The lowest BCUT2D eigenvalue weighted by Gasteiger charge is -2.17. The topological polar surface area (TPSA) is 101 Å². The van der Waals surface area contributed by atoms with Gasteiger partial charge in [-0.05, 0) is 35.9 Å². The number of rotatable bonds is 7. The van der Waals surface area contributed by atoms with Gasteiger partial charge in [-0.1, -0.05) is 30.3 Å². The summed E-state index contributed by atoms with van der Waals surface area (Å²) in [6.07, 6.45) is 6.13. The summed E-state index contributed by atoms with van der Waals surface area (Å²) < 4.78 is 3.23. The zero-order valence-electron chi connectivity index (χ0n) is 18.0. The van der Waals surface area contributed by atoms with Gasteiger partial charge < -0.3 is 14.6 Å². The van der Waals surface area contributed by atoms with Gasteiger partial charge in [-0.25, -0.2) is 9.97 Å². The third-order valence-corrected chi connectivity index (χ3v) is 5.36. The molecule has 0 fully saturated rings. The molecule has 0 spiro atoms.